The SMILES string of the molecule is CC(C)c1noc(CCC(=O)OC2CCC(C(C)(C)C)CC2)n1. The van der Waals surface area contributed by atoms with Crippen LogP contribution in [-0.4, -0.2) is 22.2 Å². The van der Waals surface area contributed by atoms with E-state index < -0.39 is 0 Å². The quantitative estimate of drug-likeness (QED) is 0.757. The number of nitrogens with zero attached hydrogens (tertiary/aromatic N) is 2. The van der Waals surface area contributed by atoms with Crippen molar-refractivity contribution in [1.29, 1.82) is 0 Å². The van der Waals surface area contributed by atoms with Crippen molar-refractivity contribution in [3.05, 3.63) is 11.7 Å². The fourth-order valence-electron chi connectivity index (χ4n) is 3.10. The van der Waals surface area contributed by atoms with E-state index in [0.29, 0.717) is 30.0 Å². The lowest BCUT2D eigenvalue weighted by molar-refractivity contribution is -0.151. The van der Waals surface area contributed by atoms with Crippen LogP contribution in [0.5, 0.6) is 0 Å². The minimum atomic E-state index is -0.159. The van der Waals surface area contributed by atoms with Crippen molar-refractivity contribution < 1.29 is 14.1 Å². The Morgan fingerprint density at radius 2 is 1.91 bits per heavy atom. The number of aryl methyl sites for hydroxylation is 1. The highest BCUT2D eigenvalue weighted by atomic mass is 16.5. The van der Waals surface area contributed by atoms with Gasteiger partial charge in [0.15, 0.2) is 5.82 Å². The average Bonchev–Trinajstić information content (AvgIpc) is 2.94. The summed E-state index contributed by atoms with van der Waals surface area (Å²) in [6, 6.07) is 0. The Balaban J connectivity index is 1.71. The zero-order valence-electron chi connectivity index (χ0n) is 15.1. The topological polar surface area (TPSA) is 65.2 Å². The monoisotopic (exact) mass is 322 g/mol. The highest BCUT2D eigenvalue weighted by molar-refractivity contribution is 5.69. The lowest BCUT2D eigenvalue weighted by Gasteiger charge is -2.36. The molecule has 0 spiro atoms. The molecule has 0 aromatic carbocycles. The zero-order valence-corrected chi connectivity index (χ0v) is 15.1. The average molecular weight is 322 g/mol. The molecule has 0 aliphatic heterocycles. The second-order valence-electron chi connectivity index (χ2n) is 8.03. The highest BCUT2D eigenvalue weighted by Crippen LogP contribution is 2.38. The van der Waals surface area contributed by atoms with Gasteiger partial charge in [0.1, 0.15) is 6.10 Å². The molecular formula is C18H30N2O3. The maximum absolute atomic E-state index is 12.0. The molecule has 1 heterocycles. The van der Waals surface area contributed by atoms with Crippen LogP contribution in [0, 0.1) is 11.3 Å². The zero-order chi connectivity index (χ0) is 17.0. The number of esters is 1. The molecule has 1 aliphatic carbocycles. The predicted octanol–water partition coefficient (Wildman–Crippen LogP) is 4.27. The van der Waals surface area contributed by atoms with Crippen LogP contribution in [0.1, 0.15) is 84.4 Å². The van der Waals surface area contributed by atoms with E-state index in [1.54, 1.807) is 0 Å². The number of aromatic nitrogens is 2. The molecule has 130 valence electrons. The first-order valence-corrected chi connectivity index (χ1v) is 8.77. The second-order valence-corrected chi connectivity index (χ2v) is 8.03. The predicted molar refractivity (Wildman–Crippen MR) is 88.0 cm³/mol. The number of ether oxygens (including phenoxy) is 1. The van der Waals surface area contributed by atoms with Crippen LogP contribution in [0.15, 0.2) is 4.52 Å². The van der Waals surface area contributed by atoms with E-state index in [0.717, 1.165) is 31.6 Å². The maximum Gasteiger partial charge on any atom is 0.306 e. The summed E-state index contributed by atoms with van der Waals surface area (Å²) in [4.78, 5) is 16.3. The van der Waals surface area contributed by atoms with Gasteiger partial charge in [-0.05, 0) is 37.0 Å². The van der Waals surface area contributed by atoms with Gasteiger partial charge in [0.2, 0.25) is 5.89 Å². The van der Waals surface area contributed by atoms with Crippen LogP contribution in [0.25, 0.3) is 0 Å². The molecule has 1 aliphatic rings. The molecule has 1 saturated carbocycles. The van der Waals surface area contributed by atoms with Crippen molar-refractivity contribution in [2.75, 3.05) is 0 Å². The number of hydrogen-bond donors (Lipinski definition) is 0. The number of hydrogen-bond acceptors (Lipinski definition) is 5. The van der Waals surface area contributed by atoms with Gasteiger partial charge in [-0.1, -0.05) is 39.8 Å². The summed E-state index contributed by atoms with van der Waals surface area (Å²) < 4.78 is 10.7. The number of rotatable bonds is 5. The van der Waals surface area contributed by atoms with Gasteiger partial charge in [-0.3, -0.25) is 4.79 Å². The molecule has 1 fully saturated rings. The summed E-state index contributed by atoms with van der Waals surface area (Å²) >= 11 is 0. The molecule has 0 atom stereocenters. The van der Waals surface area contributed by atoms with Crippen LogP contribution < -0.4 is 0 Å². The Bertz CT molecular complexity index is 509. The Morgan fingerprint density at radius 1 is 1.26 bits per heavy atom. The van der Waals surface area contributed by atoms with Crippen molar-refractivity contribution in [2.24, 2.45) is 11.3 Å². The van der Waals surface area contributed by atoms with E-state index in [2.05, 4.69) is 30.9 Å². The molecule has 23 heavy (non-hydrogen) atoms. The molecule has 0 radical (unpaired) electrons. The van der Waals surface area contributed by atoms with Crippen molar-refractivity contribution >= 4 is 5.97 Å². The molecule has 0 bridgehead atoms. The van der Waals surface area contributed by atoms with E-state index in [9.17, 15) is 4.79 Å². The van der Waals surface area contributed by atoms with E-state index in [1.807, 2.05) is 13.8 Å². The summed E-state index contributed by atoms with van der Waals surface area (Å²) in [5, 5.41) is 3.90. The minimum absolute atomic E-state index is 0.0787. The third kappa shape index (κ3) is 5.33. The Labute approximate surface area is 139 Å². The highest BCUT2D eigenvalue weighted by Gasteiger charge is 2.31. The molecule has 2 rings (SSSR count). The van der Waals surface area contributed by atoms with Gasteiger partial charge in [0.25, 0.3) is 0 Å². The number of carbonyl (C=O) groups excluding carboxylic acids is 1. The largest absolute Gasteiger partial charge is 0.462 e. The smallest absolute Gasteiger partial charge is 0.306 e. The third-order valence-corrected chi connectivity index (χ3v) is 4.74. The molecule has 1 aromatic heterocycles. The molecule has 5 heteroatoms. The second kappa shape index (κ2) is 7.45. The maximum atomic E-state index is 12.0. The van der Waals surface area contributed by atoms with E-state index in [-0.39, 0.29) is 18.0 Å². The molecule has 0 N–H and O–H groups in total. The molecule has 0 unspecified atom stereocenters. The van der Waals surface area contributed by atoms with E-state index >= 15 is 0 Å². The summed E-state index contributed by atoms with van der Waals surface area (Å²) in [6.45, 7) is 10.9. The first-order chi connectivity index (χ1) is 10.8. The van der Waals surface area contributed by atoms with Gasteiger partial charge >= 0.3 is 5.97 Å². The molecule has 0 amide bonds. The third-order valence-electron chi connectivity index (χ3n) is 4.74. The summed E-state index contributed by atoms with van der Waals surface area (Å²) in [5.41, 5.74) is 0.348. The minimum Gasteiger partial charge on any atom is -0.462 e. The molecule has 0 saturated heterocycles. The molecule has 1 aromatic rings. The summed E-state index contributed by atoms with van der Waals surface area (Å²) in [6.07, 6.45) is 5.08. The van der Waals surface area contributed by atoms with Crippen LogP contribution in [-0.2, 0) is 16.0 Å². The van der Waals surface area contributed by atoms with E-state index in [1.165, 1.54) is 0 Å². The van der Waals surface area contributed by atoms with Gasteiger partial charge in [0, 0.05) is 12.3 Å². The Morgan fingerprint density at radius 3 is 2.43 bits per heavy atom. The van der Waals surface area contributed by atoms with Crippen molar-refractivity contribution in [2.45, 2.75) is 85.2 Å². The Kier molecular flexibility index (Phi) is 5.82. The van der Waals surface area contributed by atoms with Crippen LogP contribution in [0.4, 0.5) is 0 Å². The van der Waals surface area contributed by atoms with Crippen LogP contribution >= 0.6 is 0 Å². The lowest BCUT2D eigenvalue weighted by atomic mass is 9.72. The fourth-order valence-corrected chi connectivity index (χ4v) is 3.10. The van der Waals surface area contributed by atoms with Gasteiger partial charge < -0.3 is 9.26 Å². The van der Waals surface area contributed by atoms with Crippen LogP contribution in [0.2, 0.25) is 0 Å². The molecular weight excluding hydrogens is 292 g/mol. The number of carbonyl (C=O) groups is 1. The van der Waals surface area contributed by atoms with Gasteiger partial charge in [-0.15, -0.1) is 0 Å². The Hall–Kier alpha value is -1.39. The van der Waals surface area contributed by atoms with E-state index in [4.69, 9.17) is 9.26 Å². The van der Waals surface area contributed by atoms with Crippen molar-refractivity contribution in [3.8, 4) is 0 Å². The van der Waals surface area contributed by atoms with Crippen molar-refractivity contribution in [3.63, 3.8) is 0 Å². The summed E-state index contributed by atoms with van der Waals surface area (Å²) in [7, 11) is 0. The van der Waals surface area contributed by atoms with Crippen LogP contribution in [0.3, 0.4) is 0 Å². The summed E-state index contributed by atoms with van der Waals surface area (Å²) in [5.74, 6) is 2.01. The molecule has 5 nitrogen and oxygen atoms in total. The lowest BCUT2D eigenvalue weighted by Crippen LogP contribution is -2.30. The first-order valence-electron chi connectivity index (χ1n) is 8.77. The van der Waals surface area contributed by atoms with Crippen molar-refractivity contribution in [1.82, 2.24) is 10.1 Å². The fraction of sp³-hybridized carbons (Fsp3) is 0.833. The normalized spacial score (nSPS) is 22.3. The van der Waals surface area contributed by atoms with Gasteiger partial charge in [0.05, 0.1) is 6.42 Å². The standard InChI is InChI=1S/C18H30N2O3/c1-12(2)17-19-15(23-20-17)10-11-16(21)22-14-8-6-13(7-9-14)18(3,4)5/h12-14H,6-11H2,1-5H3. The van der Waals surface area contributed by atoms with Gasteiger partial charge in [-0.2, -0.15) is 4.98 Å². The first kappa shape index (κ1) is 18.0. The van der Waals surface area contributed by atoms with Gasteiger partial charge in [-0.25, -0.2) is 0 Å².